The number of fused-ring (bicyclic) bond motifs is 3. The lowest BCUT2D eigenvalue weighted by molar-refractivity contribution is 0.933. The summed E-state index contributed by atoms with van der Waals surface area (Å²) in [4.78, 5) is 4.85. The van der Waals surface area contributed by atoms with E-state index in [0.717, 1.165) is 38.9 Å². The fourth-order valence-electron chi connectivity index (χ4n) is 2.73. The van der Waals surface area contributed by atoms with E-state index in [0.29, 0.717) is 0 Å². The van der Waals surface area contributed by atoms with Crippen LogP contribution in [-0.2, 0) is 7.05 Å². The van der Waals surface area contributed by atoms with Crippen molar-refractivity contribution in [2.24, 2.45) is 7.05 Å². The average Bonchev–Trinajstić information content (AvgIpc) is 3.05. The Bertz CT molecular complexity index is 930. The van der Waals surface area contributed by atoms with Gasteiger partial charge in [-0.1, -0.05) is 24.3 Å². The molecule has 0 radical (unpaired) electrons. The predicted octanol–water partition coefficient (Wildman–Crippen LogP) is 3.43. The molecule has 0 aliphatic carbocycles. The second-order valence-electron chi connectivity index (χ2n) is 5.04. The molecular formula is C16H14N4. The molecule has 1 aromatic carbocycles. The van der Waals surface area contributed by atoms with Crippen LogP contribution in [-0.4, -0.2) is 19.7 Å². The third-order valence-electron chi connectivity index (χ3n) is 3.78. The Hall–Kier alpha value is -2.62. The van der Waals surface area contributed by atoms with Crippen LogP contribution in [0.3, 0.4) is 0 Å². The van der Waals surface area contributed by atoms with Crippen molar-refractivity contribution in [1.29, 1.82) is 0 Å². The molecule has 0 saturated heterocycles. The molecule has 0 fully saturated rings. The Morgan fingerprint density at radius 2 is 1.85 bits per heavy atom. The highest BCUT2D eigenvalue weighted by Gasteiger charge is 2.14. The summed E-state index contributed by atoms with van der Waals surface area (Å²) in [7, 11) is 2.04. The van der Waals surface area contributed by atoms with Gasteiger partial charge in [0.1, 0.15) is 5.52 Å². The third kappa shape index (κ3) is 1.42. The molecule has 4 rings (SSSR count). The minimum Gasteiger partial charge on any atom is -0.349 e. The van der Waals surface area contributed by atoms with Gasteiger partial charge in [-0.05, 0) is 19.1 Å². The maximum Gasteiger partial charge on any atom is 0.112 e. The summed E-state index contributed by atoms with van der Waals surface area (Å²) in [6, 6.07) is 12.5. The quantitative estimate of drug-likeness (QED) is 0.571. The molecule has 3 heterocycles. The first-order chi connectivity index (χ1) is 9.75. The van der Waals surface area contributed by atoms with Crippen LogP contribution in [0.4, 0.5) is 0 Å². The van der Waals surface area contributed by atoms with E-state index in [1.54, 1.807) is 0 Å². The zero-order valence-corrected chi connectivity index (χ0v) is 11.4. The Morgan fingerprint density at radius 3 is 2.60 bits per heavy atom. The number of H-pyrrole nitrogens is 1. The Morgan fingerprint density at radius 1 is 1.05 bits per heavy atom. The molecule has 0 aliphatic rings. The van der Waals surface area contributed by atoms with Crippen molar-refractivity contribution in [3.63, 3.8) is 0 Å². The van der Waals surface area contributed by atoms with Crippen LogP contribution in [0.5, 0.6) is 0 Å². The van der Waals surface area contributed by atoms with Crippen molar-refractivity contribution in [3.8, 4) is 11.4 Å². The topological polar surface area (TPSA) is 46.5 Å². The largest absolute Gasteiger partial charge is 0.349 e. The van der Waals surface area contributed by atoms with Gasteiger partial charge in [-0.15, -0.1) is 0 Å². The summed E-state index contributed by atoms with van der Waals surface area (Å²) in [5.41, 5.74) is 5.01. The minimum absolute atomic E-state index is 0.932. The van der Waals surface area contributed by atoms with Crippen LogP contribution in [0, 0.1) is 6.92 Å². The molecule has 0 aliphatic heterocycles. The van der Waals surface area contributed by atoms with Crippen molar-refractivity contribution in [3.05, 3.63) is 48.3 Å². The number of nitrogens with zero attached hydrogens (tertiary/aromatic N) is 3. The van der Waals surface area contributed by atoms with Crippen molar-refractivity contribution in [1.82, 2.24) is 19.7 Å². The van der Waals surface area contributed by atoms with E-state index >= 15 is 0 Å². The SMILES string of the molecule is Cc1n[nH]c2c1nc(-c1cccn1C)c1ccccc12. The zero-order chi connectivity index (χ0) is 13.7. The normalized spacial score (nSPS) is 11.5. The molecule has 98 valence electrons. The standard InChI is InChI=1S/C16H14N4/c1-10-14-16(19-18-10)12-7-4-3-6-11(12)15(17-14)13-8-5-9-20(13)2/h3-9H,1-2H3,(H,18,19). The van der Waals surface area contributed by atoms with E-state index in [1.165, 1.54) is 0 Å². The van der Waals surface area contributed by atoms with Crippen molar-refractivity contribution < 1.29 is 0 Å². The number of hydrogen-bond acceptors (Lipinski definition) is 2. The monoisotopic (exact) mass is 262 g/mol. The van der Waals surface area contributed by atoms with Crippen LogP contribution in [0.25, 0.3) is 33.2 Å². The lowest BCUT2D eigenvalue weighted by atomic mass is 10.1. The van der Waals surface area contributed by atoms with Crippen LogP contribution >= 0.6 is 0 Å². The summed E-state index contributed by atoms with van der Waals surface area (Å²) in [6.45, 7) is 1.98. The number of pyridine rings is 1. The fourth-order valence-corrected chi connectivity index (χ4v) is 2.73. The summed E-state index contributed by atoms with van der Waals surface area (Å²) in [6.07, 6.45) is 2.04. The summed E-state index contributed by atoms with van der Waals surface area (Å²) in [5.74, 6) is 0. The summed E-state index contributed by atoms with van der Waals surface area (Å²) in [5, 5.41) is 9.70. The van der Waals surface area contributed by atoms with Gasteiger partial charge in [-0.3, -0.25) is 5.10 Å². The molecule has 4 nitrogen and oxygen atoms in total. The molecule has 0 atom stereocenters. The van der Waals surface area contributed by atoms with Gasteiger partial charge < -0.3 is 4.57 Å². The van der Waals surface area contributed by atoms with E-state index in [9.17, 15) is 0 Å². The lowest BCUT2D eigenvalue weighted by Gasteiger charge is -2.08. The van der Waals surface area contributed by atoms with Gasteiger partial charge in [0.15, 0.2) is 0 Å². The molecule has 20 heavy (non-hydrogen) atoms. The average molecular weight is 262 g/mol. The summed E-state index contributed by atoms with van der Waals surface area (Å²) >= 11 is 0. The molecule has 0 unspecified atom stereocenters. The van der Waals surface area contributed by atoms with Gasteiger partial charge >= 0.3 is 0 Å². The first-order valence-electron chi connectivity index (χ1n) is 6.61. The maximum atomic E-state index is 4.85. The number of nitrogens with one attached hydrogen (secondary N) is 1. The second-order valence-corrected chi connectivity index (χ2v) is 5.04. The number of hydrogen-bond donors (Lipinski definition) is 1. The molecule has 4 heteroatoms. The van der Waals surface area contributed by atoms with Crippen LogP contribution in [0.2, 0.25) is 0 Å². The van der Waals surface area contributed by atoms with Gasteiger partial charge in [-0.25, -0.2) is 4.98 Å². The second kappa shape index (κ2) is 3.93. The van der Waals surface area contributed by atoms with E-state index in [2.05, 4.69) is 33.0 Å². The molecule has 0 spiro atoms. The molecule has 1 N–H and O–H groups in total. The number of aryl methyl sites for hydroxylation is 2. The molecule has 4 aromatic rings. The number of aromatic nitrogens is 4. The van der Waals surface area contributed by atoms with Crippen molar-refractivity contribution in [2.45, 2.75) is 6.92 Å². The van der Waals surface area contributed by atoms with Crippen molar-refractivity contribution >= 4 is 21.8 Å². The Balaban J connectivity index is 2.23. The third-order valence-corrected chi connectivity index (χ3v) is 3.78. The van der Waals surface area contributed by atoms with Crippen LogP contribution in [0.1, 0.15) is 5.69 Å². The number of benzene rings is 1. The molecule has 0 amide bonds. The van der Waals surface area contributed by atoms with Crippen molar-refractivity contribution in [2.75, 3.05) is 0 Å². The first kappa shape index (κ1) is 11.2. The number of rotatable bonds is 1. The van der Waals surface area contributed by atoms with Gasteiger partial charge in [0.2, 0.25) is 0 Å². The van der Waals surface area contributed by atoms with E-state index in [-0.39, 0.29) is 0 Å². The summed E-state index contributed by atoms with van der Waals surface area (Å²) < 4.78 is 2.09. The first-order valence-corrected chi connectivity index (χ1v) is 6.61. The van der Waals surface area contributed by atoms with Gasteiger partial charge in [0.25, 0.3) is 0 Å². The van der Waals surface area contributed by atoms with Crippen LogP contribution < -0.4 is 0 Å². The predicted molar refractivity (Wildman–Crippen MR) is 80.5 cm³/mol. The van der Waals surface area contributed by atoms with Gasteiger partial charge in [0, 0.05) is 24.0 Å². The molecule has 3 aromatic heterocycles. The maximum absolute atomic E-state index is 4.85. The fraction of sp³-hybridized carbons (Fsp3) is 0.125. The Labute approximate surface area is 116 Å². The molecule has 0 saturated carbocycles. The molecular weight excluding hydrogens is 248 g/mol. The van der Waals surface area contributed by atoms with Gasteiger partial charge in [0.05, 0.1) is 22.6 Å². The minimum atomic E-state index is 0.932. The van der Waals surface area contributed by atoms with E-state index in [4.69, 9.17) is 4.98 Å². The van der Waals surface area contributed by atoms with E-state index in [1.807, 2.05) is 38.4 Å². The highest BCUT2D eigenvalue weighted by molar-refractivity contribution is 6.09. The van der Waals surface area contributed by atoms with E-state index < -0.39 is 0 Å². The Kier molecular flexibility index (Phi) is 2.21. The lowest BCUT2D eigenvalue weighted by Crippen LogP contribution is -1.94. The zero-order valence-electron chi connectivity index (χ0n) is 11.4. The molecule has 0 bridgehead atoms. The smallest absolute Gasteiger partial charge is 0.112 e. The van der Waals surface area contributed by atoms with Gasteiger partial charge in [-0.2, -0.15) is 5.10 Å². The highest BCUT2D eigenvalue weighted by Crippen LogP contribution is 2.32. The number of aromatic amines is 1. The highest BCUT2D eigenvalue weighted by atomic mass is 15.1. The van der Waals surface area contributed by atoms with Crippen LogP contribution in [0.15, 0.2) is 42.6 Å².